The van der Waals surface area contributed by atoms with Crippen molar-refractivity contribution in [2.75, 3.05) is 13.7 Å². The predicted molar refractivity (Wildman–Crippen MR) is 100 cm³/mol. The molecule has 0 aromatic carbocycles. The van der Waals surface area contributed by atoms with E-state index in [-0.39, 0.29) is 24.7 Å². The minimum absolute atomic E-state index is 0.0381. The number of hydrogen-bond donors (Lipinski definition) is 1. The normalized spacial score (nSPS) is 11.7. The summed E-state index contributed by atoms with van der Waals surface area (Å²) in [6.45, 7) is 3.34. The number of pyridine rings is 1. The highest BCUT2D eigenvalue weighted by atomic mass is 16.5. The standard InChI is InChI=1S/C19H24N4O6/c1-12(2)10-14(19(26)27-3)21-15(24)11-28-17(25)8-7-16-22-18(23-29-16)13-6-4-5-9-20-13/h4-6,9,12,14H,7-8,10-11H2,1-3H3,(H,21,24). The highest BCUT2D eigenvalue weighted by Gasteiger charge is 2.23. The molecule has 0 fully saturated rings. The van der Waals surface area contributed by atoms with Crippen LogP contribution in [-0.2, 0) is 30.3 Å². The third kappa shape index (κ3) is 7.32. The molecule has 1 amide bonds. The molecule has 0 spiro atoms. The molecule has 0 bridgehead atoms. The predicted octanol–water partition coefficient (Wildman–Crippen LogP) is 1.31. The Hall–Kier alpha value is -3.30. The third-order valence-electron chi connectivity index (χ3n) is 3.80. The summed E-state index contributed by atoms with van der Waals surface area (Å²) >= 11 is 0. The molecule has 0 aliphatic rings. The zero-order chi connectivity index (χ0) is 21.2. The van der Waals surface area contributed by atoms with Crippen LogP contribution in [-0.4, -0.2) is 52.7 Å². The van der Waals surface area contributed by atoms with Gasteiger partial charge in [0.15, 0.2) is 6.61 Å². The molecule has 1 atom stereocenters. The van der Waals surface area contributed by atoms with E-state index >= 15 is 0 Å². The molecule has 2 heterocycles. The molecule has 2 aromatic heterocycles. The first-order valence-corrected chi connectivity index (χ1v) is 9.15. The lowest BCUT2D eigenvalue weighted by molar-refractivity contribution is -0.150. The quantitative estimate of drug-likeness (QED) is 0.582. The molecule has 0 saturated carbocycles. The van der Waals surface area contributed by atoms with Crippen LogP contribution in [0.3, 0.4) is 0 Å². The molecule has 10 heteroatoms. The molecule has 0 aliphatic heterocycles. The second-order valence-electron chi connectivity index (χ2n) is 6.66. The van der Waals surface area contributed by atoms with Crippen molar-refractivity contribution in [3.05, 3.63) is 30.3 Å². The van der Waals surface area contributed by atoms with E-state index in [0.29, 0.717) is 17.9 Å². The summed E-state index contributed by atoms with van der Waals surface area (Å²) < 4.78 is 14.7. The van der Waals surface area contributed by atoms with Gasteiger partial charge < -0.3 is 19.3 Å². The molecular weight excluding hydrogens is 380 g/mol. The lowest BCUT2D eigenvalue weighted by Gasteiger charge is -2.18. The van der Waals surface area contributed by atoms with Gasteiger partial charge in [0.05, 0.1) is 13.5 Å². The number of nitrogens with one attached hydrogen (secondary N) is 1. The van der Waals surface area contributed by atoms with E-state index in [1.165, 1.54) is 7.11 Å². The first-order chi connectivity index (χ1) is 13.9. The number of rotatable bonds is 10. The van der Waals surface area contributed by atoms with E-state index in [0.717, 1.165) is 0 Å². The highest BCUT2D eigenvalue weighted by molar-refractivity contribution is 5.86. The van der Waals surface area contributed by atoms with Gasteiger partial charge in [0.1, 0.15) is 11.7 Å². The van der Waals surface area contributed by atoms with Crippen molar-refractivity contribution in [3.63, 3.8) is 0 Å². The Morgan fingerprint density at radius 1 is 1.24 bits per heavy atom. The summed E-state index contributed by atoms with van der Waals surface area (Å²) in [5.41, 5.74) is 0.559. The molecule has 2 rings (SSSR count). The Morgan fingerprint density at radius 2 is 2.03 bits per heavy atom. The monoisotopic (exact) mass is 404 g/mol. The molecule has 0 saturated heterocycles. The van der Waals surface area contributed by atoms with E-state index in [9.17, 15) is 14.4 Å². The smallest absolute Gasteiger partial charge is 0.328 e. The Kier molecular flexibility index (Phi) is 8.26. The van der Waals surface area contributed by atoms with Crippen molar-refractivity contribution in [1.29, 1.82) is 0 Å². The minimum atomic E-state index is -0.783. The summed E-state index contributed by atoms with van der Waals surface area (Å²) in [5.74, 6) is -0.964. The molecule has 29 heavy (non-hydrogen) atoms. The van der Waals surface area contributed by atoms with Gasteiger partial charge >= 0.3 is 11.9 Å². The molecule has 1 N–H and O–H groups in total. The number of aromatic nitrogens is 3. The lowest BCUT2D eigenvalue weighted by Crippen LogP contribution is -2.44. The number of amides is 1. The molecule has 0 radical (unpaired) electrons. The molecule has 2 aromatic rings. The van der Waals surface area contributed by atoms with Gasteiger partial charge in [-0.05, 0) is 24.5 Å². The van der Waals surface area contributed by atoms with Crippen LogP contribution in [0.1, 0.15) is 32.6 Å². The summed E-state index contributed by atoms with van der Waals surface area (Å²) in [7, 11) is 1.25. The second-order valence-corrected chi connectivity index (χ2v) is 6.66. The molecule has 0 aliphatic carbocycles. The number of esters is 2. The SMILES string of the molecule is COC(=O)C(CC(C)C)NC(=O)COC(=O)CCc1nc(-c2ccccn2)no1. The van der Waals surface area contributed by atoms with Crippen molar-refractivity contribution >= 4 is 17.8 Å². The molecule has 156 valence electrons. The van der Waals surface area contributed by atoms with Gasteiger partial charge in [-0.15, -0.1) is 0 Å². The average Bonchev–Trinajstić information content (AvgIpc) is 3.19. The average molecular weight is 404 g/mol. The van der Waals surface area contributed by atoms with Crippen molar-refractivity contribution in [1.82, 2.24) is 20.4 Å². The summed E-state index contributed by atoms with van der Waals surface area (Å²) in [5, 5.41) is 6.32. The fraction of sp³-hybridized carbons (Fsp3) is 0.474. The van der Waals surface area contributed by atoms with E-state index in [2.05, 4.69) is 25.2 Å². The number of hydrogen-bond acceptors (Lipinski definition) is 9. The van der Waals surface area contributed by atoms with Crippen LogP contribution in [0.2, 0.25) is 0 Å². The Morgan fingerprint density at radius 3 is 2.69 bits per heavy atom. The summed E-state index contributed by atoms with van der Waals surface area (Å²) in [4.78, 5) is 43.8. The van der Waals surface area contributed by atoms with Crippen molar-refractivity contribution in [2.45, 2.75) is 39.2 Å². The lowest BCUT2D eigenvalue weighted by atomic mass is 10.0. The van der Waals surface area contributed by atoms with Gasteiger partial charge in [0.25, 0.3) is 5.91 Å². The van der Waals surface area contributed by atoms with Crippen molar-refractivity contribution in [2.24, 2.45) is 5.92 Å². The van der Waals surface area contributed by atoms with Crippen LogP contribution in [0, 0.1) is 5.92 Å². The van der Waals surface area contributed by atoms with Crippen LogP contribution >= 0.6 is 0 Å². The van der Waals surface area contributed by atoms with E-state index in [4.69, 9.17) is 9.26 Å². The Bertz CT molecular complexity index is 821. The number of methoxy groups -OCH3 is 1. The first kappa shape index (κ1) is 22.0. The minimum Gasteiger partial charge on any atom is -0.467 e. The van der Waals surface area contributed by atoms with Crippen molar-refractivity contribution < 1.29 is 28.4 Å². The second kappa shape index (κ2) is 10.9. The number of ether oxygens (including phenoxy) is 2. The van der Waals surface area contributed by atoms with Crippen molar-refractivity contribution in [3.8, 4) is 11.5 Å². The van der Waals surface area contributed by atoms with Crippen LogP contribution in [0.4, 0.5) is 0 Å². The van der Waals surface area contributed by atoms with Crippen LogP contribution < -0.4 is 5.32 Å². The Balaban J connectivity index is 1.76. The first-order valence-electron chi connectivity index (χ1n) is 9.15. The molecule has 10 nitrogen and oxygen atoms in total. The van der Waals surface area contributed by atoms with E-state index in [1.54, 1.807) is 24.4 Å². The Labute approximate surface area is 168 Å². The maximum Gasteiger partial charge on any atom is 0.328 e. The van der Waals surface area contributed by atoms with Crippen LogP contribution in [0.25, 0.3) is 11.5 Å². The highest BCUT2D eigenvalue weighted by Crippen LogP contribution is 2.13. The number of aryl methyl sites for hydroxylation is 1. The zero-order valence-electron chi connectivity index (χ0n) is 16.6. The number of carbonyl (C=O) groups is 3. The van der Waals surface area contributed by atoms with Gasteiger partial charge in [-0.1, -0.05) is 25.1 Å². The fourth-order valence-electron chi connectivity index (χ4n) is 2.45. The maximum atomic E-state index is 12.0. The molecular formula is C19H24N4O6. The van der Waals surface area contributed by atoms with Gasteiger partial charge in [-0.2, -0.15) is 4.98 Å². The maximum absolute atomic E-state index is 12.0. The van der Waals surface area contributed by atoms with Gasteiger partial charge in [0, 0.05) is 12.6 Å². The third-order valence-corrected chi connectivity index (χ3v) is 3.80. The summed E-state index contributed by atoms with van der Waals surface area (Å²) in [6.07, 6.45) is 2.16. The van der Waals surface area contributed by atoms with E-state index < -0.39 is 30.5 Å². The number of nitrogens with zero attached hydrogens (tertiary/aromatic N) is 3. The van der Waals surface area contributed by atoms with Gasteiger partial charge in [-0.25, -0.2) is 4.79 Å². The van der Waals surface area contributed by atoms with Crippen LogP contribution in [0.5, 0.6) is 0 Å². The van der Waals surface area contributed by atoms with Crippen LogP contribution in [0.15, 0.2) is 28.9 Å². The van der Waals surface area contributed by atoms with E-state index in [1.807, 2.05) is 13.8 Å². The topological polar surface area (TPSA) is 134 Å². The summed E-state index contributed by atoms with van der Waals surface area (Å²) in [6, 6.07) is 4.52. The van der Waals surface area contributed by atoms with Gasteiger partial charge in [-0.3, -0.25) is 14.6 Å². The zero-order valence-corrected chi connectivity index (χ0v) is 16.6. The molecule has 1 unspecified atom stereocenters. The fourth-order valence-corrected chi connectivity index (χ4v) is 2.45. The number of carbonyl (C=O) groups excluding carboxylic acids is 3. The largest absolute Gasteiger partial charge is 0.467 e. The van der Waals surface area contributed by atoms with Gasteiger partial charge in [0.2, 0.25) is 11.7 Å².